The first-order valence-electron chi connectivity index (χ1n) is 6.09. The highest BCUT2D eigenvalue weighted by Gasteiger charge is 2.15. The molecule has 1 aromatic carbocycles. The Morgan fingerprint density at radius 3 is 3.00 bits per heavy atom. The van der Waals surface area contributed by atoms with Gasteiger partial charge in [0.05, 0.1) is 6.61 Å². The Bertz CT molecular complexity index is 478. The van der Waals surface area contributed by atoms with Gasteiger partial charge < -0.3 is 14.6 Å². The number of carbonyl (C=O) groups is 1. The van der Waals surface area contributed by atoms with E-state index in [9.17, 15) is 9.18 Å². The lowest BCUT2D eigenvalue weighted by Crippen LogP contribution is -2.28. The van der Waals surface area contributed by atoms with Crippen molar-refractivity contribution in [3.05, 3.63) is 35.7 Å². The van der Waals surface area contributed by atoms with Crippen LogP contribution < -0.4 is 4.74 Å². The summed E-state index contributed by atoms with van der Waals surface area (Å²) in [7, 11) is 0. The van der Waals surface area contributed by atoms with Crippen LogP contribution in [0.1, 0.15) is 18.4 Å². The minimum Gasteiger partial charge on any atom is -0.488 e. The van der Waals surface area contributed by atoms with E-state index >= 15 is 0 Å². The van der Waals surface area contributed by atoms with Crippen molar-refractivity contribution in [2.45, 2.75) is 18.9 Å². The second-order valence-electron chi connectivity index (χ2n) is 4.35. The van der Waals surface area contributed by atoms with Gasteiger partial charge in [0.2, 0.25) is 0 Å². The topological polar surface area (TPSA) is 55.8 Å². The summed E-state index contributed by atoms with van der Waals surface area (Å²) in [5.74, 6) is -1.15. The van der Waals surface area contributed by atoms with Crippen molar-refractivity contribution in [2.75, 3.05) is 13.2 Å². The van der Waals surface area contributed by atoms with Gasteiger partial charge in [0.1, 0.15) is 17.7 Å². The molecule has 4 nitrogen and oxygen atoms in total. The summed E-state index contributed by atoms with van der Waals surface area (Å²) in [6.07, 6.45) is 4.01. The van der Waals surface area contributed by atoms with Gasteiger partial charge in [-0.15, -0.1) is 0 Å². The lowest BCUT2D eigenvalue weighted by atomic mass is 10.1. The smallest absolute Gasteiger partial charge is 0.328 e. The van der Waals surface area contributed by atoms with Crippen LogP contribution in [0, 0.1) is 5.82 Å². The predicted molar refractivity (Wildman–Crippen MR) is 67.5 cm³/mol. The lowest BCUT2D eigenvalue weighted by molar-refractivity contribution is -0.131. The molecule has 0 aromatic heterocycles. The van der Waals surface area contributed by atoms with Gasteiger partial charge in [0.15, 0.2) is 0 Å². The van der Waals surface area contributed by atoms with Crippen molar-refractivity contribution in [2.24, 2.45) is 0 Å². The van der Waals surface area contributed by atoms with E-state index in [1.165, 1.54) is 18.2 Å². The molecule has 1 saturated heterocycles. The van der Waals surface area contributed by atoms with E-state index in [1.807, 2.05) is 0 Å². The molecule has 0 saturated carbocycles. The number of hydrogen-bond donors (Lipinski definition) is 1. The van der Waals surface area contributed by atoms with Gasteiger partial charge in [-0.25, -0.2) is 9.18 Å². The van der Waals surface area contributed by atoms with Crippen LogP contribution in [0.5, 0.6) is 5.75 Å². The van der Waals surface area contributed by atoms with E-state index in [0.29, 0.717) is 17.9 Å². The van der Waals surface area contributed by atoms with Crippen LogP contribution in [-0.2, 0) is 9.53 Å². The average molecular weight is 266 g/mol. The maximum atomic E-state index is 13.4. The number of carboxylic acid groups (broad SMARTS) is 1. The van der Waals surface area contributed by atoms with E-state index in [0.717, 1.165) is 25.5 Å². The Morgan fingerprint density at radius 2 is 2.32 bits per heavy atom. The highest BCUT2D eigenvalue weighted by atomic mass is 19.1. The zero-order valence-electron chi connectivity index (χ0n) is 10.3. The standard InChI is InChI=1S/C14H15FO4/c15-11-6-10(3-4-14(16)17)7-13(8-11)19-12-2-1-5-18-9-12/h3-4,6-8,12H,1-2,5,9H2,(H,16,17)/b4-3+. The molecule has 1 fully saturated rings. The Hall–Kier alpha value is -1.88. The van der Waals surface area contributed by atoms with Crippen molar-refractivity contribution < 1.29 is 23.8 Å². The molecule has 102 valence electrons. The van der Waals surface area contributed by atoms with Crippen molar-refractivity contribution >= 4 is 12.0 Å². The Kier molecular flexibility index (Phi) is 4.52. The van der Waals surface area contributed by atoms with Crippen LogP contribution >= 0.6 is 0 Å². The SMILES string of the molecule is O=C(O)/C=C/c1cc(F)cc(OC2CCCOC2)c1. The third kappa shape index (κ3) is 4.37. The molecule has 0 radical (unpaired) electrons. The monoisotopic (exact) mass is 266 g/mol. The molecule has 1 heterocycles. The first kappa shape index (κ1) is 13.5. The molecule has 1 aliphatic rings. The van der Waals surface area contributed by atoms with Crippen LogP contribution in [0.2, 0.25) is 0 Å². The molecular formula is C14H15FO4. The number of aliphatic carboxylic acids is 1. The van der Waals surface area contributed by atoms with Crippen LogP contribution in [0.25, 0.3) is 6.08 Å². The molecule has 2 rings (SSSR count). The number of benzene rings is 1. The van der Waals surface area contributed by atoms with Crippen LogP contribution in [0.4, 0.5) is 4.39 Å². The van der Waals surface area contributed by atoms with Gasteiger partial charge in [0, 0.05) is 18.7 Å². The van der Waals surface area contributed by atoms with Crippen molar-refractivity contribution in [1.82, 2.24) is 0 Å². The minimum absolute atomic E-state index is 0.0770. The third-order valence-electron chi connectivity index (χ3n) is 2.73. The molecule has 0 bridgehead atoms. The third-order valence-corrected chi connectivity index (χ3v) is 2.73. The van der Waals surface area contributed by atoms with E-state index in [2.05, 4.69) is 0 Å². The van der Waals surface area contributed by atoms with E-state index in [4.69, 9.17) is 14.6 Å². The maximum Gasteiger partial charge on any atom is 0.328 e. The van der Waals surface area contributed by atoms with Gasteiger partial charge in [-0.05, 0) is 36.6 Å². The summed E-state index contributed by atoms with van der Waals surface area (Å²) in [4.78, 5) is 10.4. The molecule has 0 aliphatic carbocycles. The normalized spacial score (nSPS) is 19.5. The zero-order valence-corrected chi connectivity index (χ0v) is 10.3. The summed E-state index contributed by atoms with van der Waals surface area (Å²) in [5, 5.41) is 8.55. The van der Waals surface area contributed by atoms with Crippen LogP contribution in [-0.4, -0.2) is 30.4 Å². The molecule has 1 atom stereocenters. The number of hydrogen-bond acceptors (Lipinski definition) is 3. The Morgan fingerprint density at radius 1 is 1.47 bits per heavy atom. The second-order valence-corrected chi connectivity index (χ2v) is 4.35. The van der Waals surface area contributed by atoms with E-state index in [-0.39, 0.29) is 6.10 Å². The maximum absolute atomic E-state index is 13.4. The number of halogens is 1. The fraction of sp³-hybridized carbons (Fsp3) is 0.357. The molecule has 0 spiro atoms. The summed E-state index contributed by atoms with van der Waals surface area (Å²) in [6.45, 7) is 1.23. The first-order chi connectivity index (χ1) is 9.13. The molecule has 1 aromatic rings. The largest absolute Gasteiger partial charge is 0.488 e. The highest BCUT2D eigenvalue weighted by Crippen LogP contribution is 2.21. The van der Waals surface area contributed by atoms with Crippen molar-refractivity contribution in [1.29, 1.82) is 0 Å². The van der Waals surface area contributed by atoms with Gasteiger partial charge in [-0.2, -0.15) is 0 Å². The molecule has 0 amide bonds. The van der Waals surface area contributed by atoms with Gasteiger partial charge in [-0.1, -0.05) is 0 Å². The second kappa shape index (κ2) is 6.33. The summed E-state index contributed by atoms with van der Waals surface area (Å²) in [5.41, 5.74) is 0.453. The van der Waals surface area contributed by atoms with Crippen LogP contribution in [0.15, 0.2) is 24.3 Å². The average Bonchev–Trinajstić information content (AvgIpc) is 2.37. The number of rotatable bonds is 4. The number of ether oxygens (including phenoxy) is 2. The molecule has 1 unspecified atom stereocenters. The van der Waals surface area contributed by atoms with E-state index in [1.54, 1.807) is 6.07 Å². The molecule has 5 heteroatoms. The number of carboxylic acids is 1. The molecule has 19 heavy (non-hydrogen) atoms. The Labute approximate surface area is 110 Å². The lowest BCUT2D eigenvalue weighted by Gasteiger charge is -2.23. The Balaban J connectivity index is 2.09. The first-order valence-corrected chi connectivity index (χ1v) is 6.09. The molecular weight excluding hydrogens is 251 g/mol. The quantitative estimate of drug-likeness (QED) is 0.851. The fourth-order valence-electron chi connectivity index (χ4n) is 1.91. The van der Waals surface area contributed by atoms with E-state index < -0.39 is 11.8 Å². The summed E-state index contributed by atoms with van der Waals surface area (Å²) >= 11 is 0. The predicted octanol–water partition coefficient (Wildman–Crippen LogP) is 2.48. The van der Waals surface area contributed by atoms with Crippen LogP contribution in [0.3, 0.4) is 0 Å². The minimum atomic E-state index is -1.08. The van der Waals surface area contributed by atoms with Gasteiger partial charge >= 0.3 is 5.97 Å². The fourth-order valence-corrected chi connectivity index (χ4v) is 1.91. The van der Waals surface area contributed by atoms with Gasteiger partial charge in [0.25, 0.3) is 0 Å². The molecule has 1 N–H and O–H groups in total. The van der Waals surface area contributed by atoms with Gasteiger partial charge in [-0.3, -0.25) is 0 Å². The highest BCUT2D eigenvalue weighted by molar-refractivity contribution is 5.85. The summed E-state index contributed by atoms with van der Waals surface area (Å²) < 4.78 is 24.3. The zero-order chi connectivity index (χ0) is 13.7. The molecule has 1 aliphatic heterocycles. The summed E-state index contributed by atoms with van der Waals surface area (Å²) in [6, 6.07) is 4.15. The van der Waals surface area contributed by atoms with Crippen molar-refractivity contribution in [3.8, 4) is 5.75 Å². The van der Waals surface area contributed by atoms with Crippen molar-refractivity contribution in [3.63, 3.8) is 0 Å².